The third-order valence-corrected chi connectivity index (χ3v) is 5.46. The molecule has 1 fully saturated rings. The van der Waals surface area contributed by atoms with Crippen LogP contribution in [0.3, 0.4) is 0 Å². The van der Waals surface area contributed by atoms with Gasteiger partial charge in [0, 0.05) is 16.6 Å². The van der Waals surface area contributed by atoms with Gasteiger partial charge in [-0.05, 0) is 37.1 Å². The Morgan fingerprint density at radius 3 is 2.45 bits per heavy atom. The smallest absolute Gasteiger partial charge is 0.329 e. The number of amides is 3. The van der Waals surface area contributed by atoms with Crippen molar-refractivity contribution in [2.45, 2.75) is 38.1 Å². The number of nitrogens with one attached hydrogen (secondary N) is 3. The average Bonchev–Trinajstić information content (AvgIpc) is 2.76. The van der Waals surface area contributed by atoms with Gasteiger partial charge in [-0.15, -0.1) is 0 Å². The summed E-state index contributed by atoms with van der Waals surface area (Å²) in [6.45, 7) is 0. The summed E-state index contributed by atoms with van der Waals surface area (Å²) < 4.78 is 0. The summed E-state index contributed by atoms with van der Waals surface area (Å²) >= 11 is 11.9. The van der Waals surface area contributed by atoms with E-state index >= 15 is 0 Å². The molecule has 1 saturated carbocycles. The molecule has 9 heteroatoms. The Bertz CT molecular complexity index is 1000. The Morgan fingerprint density at radius 2 is 1.71 bits per heavy atom. The zero-order chi connectivity index (χ0) is 22.2. The molecule has 1 aliphatic carbocycles. The van der Waals surface area contributed by atoms with E-state index in [1.807, 2.05) is 0 Å². The number of benzene rings is 2. The van der Waals surface area contributed by atoms with Crippen LogP contribution in [0.1, 0.15) is 48.0 Å². The third kappa shape index (κ3) is 6.54. The van der Waals surface area contributed by atoms with E-state index in [2.05, 4.69) is 21.2 Å². The van der Waals surface area contributed by atoms with E-state index in [0.29, 0.717) is 21.2 Å². The maximum absolute atomic E-state index is 12.7. The van der Waals surface area contributed by atoms with Crippen LogP contribution in [0.5, 0.6) is 0 Å². The largest absolute Gasteiger partial charge is 0.349 e. The van der Waals surface area contributed by atoms with Gasteiger partial charge in [-0.3, -0.25) is 14.4 Å². The van der Waals surface area contributed by atoms with Crippen LogP contribution in [0.25, 0.3) is 0 Å². The minimum Gasteiger partial charge on any atom is -0.349 e. The van der Waals surface area contributed by atoms with Crippen LogP contribution in [-0.2, 0) is 9.59 Å². The average molecular weight is 461 g/mol. The van der Waals surface area contributed by atoms with Gasteiger partial charge in [-0.1, -0.05) is 60.7 Å². The number of nitrogens with zero attached hydrogens (tertiary/aromatic N) is 1. The summed E-state index contributed by atoms with van der Waals surface area (Å²) in [5, 5.41) is 10.0. The predicted molar refractivity (Wildman–Crippen MR) is 122 cm³/mol. The van der Waals surface area contributed by atoms with Crippen LogP contribution in [-0.4, -0.2) is 30.0 Å². The Kier molecular flexibility index (Phi) is 8.03. The van der Waals surface area contributed by atoms with Crippen LogP contribution < -0.4 is 16.1 Å². The number of halogens is 2. The van der Waals surface area contributed by atoms with Crippen LogP contribution in [0.2, 0.25) is 10.0 Å². The molecule has 0 radical (unpaired) electrons. The Labute approximate surface area is 190 Å². The molecule has 2 aromatic carbocycles. The van der Waals surface area contributed by atoms with Gasteiger partial charge in [0.1, 0.15) is 0 Å². The van der Waals surface area contributed by atoms with E-state index in [0.717, 1.165) is 25.7 Å². The molecule has 0 saturated heterocycles. The number of hydrogen-bond donors (Lipinski definition) is 3. The summed E-state index contributed by atoms with van der Waals surface area (Å²) in [5.41, 5.74) is 3.21. The van der Waals surface area contributed by atoms with Crippen molar-refractivity contribution in [1.29, 1.82) is 0 Å². The molecule has 31 heavy (non-hydrogen) atoms. The second-order valence-corrected chi connectivity index (χ2v) is 8.02. The SMILES string of the molecule is O=C(N/N=C/c1ccc(Cl)cc1Cl)C(=O)Nc1ccccc1C(=O)NC1CCCCC1. The first-order valence-electron chi connectivity index (χ1n) is 9.93. The molecule has 0 atom stereocenters. The molecule has 0 spiro atoms. The van der Waals surface area contributed by atoms with Crippen molar-refractivity contribution in [2.24, 2.45) is 5.10 Å². The maximum atomic E-state index is 12.7. The molecule has 7 nitrogen and oxygen atoms in total. The minimum atomic E-state index is -0.983. The van der Waals surface area contributed by atoms with Gasteiger partial charge in [0.15, 0.2) is 0 Å². The quantitative estimate of drug-likeness (QED) is 0.355. The second-order valence-electron chi connectivity index (χ2n) is 7.17. The highest BCUT2D eigenvalue weighted by molar-refractivity contribution is 6.40. The van der Waals surface area contributed by atoms with Crippen molar-refractivity contribution in [3.63, 3.8) is 0 Å². The normalized spacial score (nSPS) is 14.3. The van der Waals surface area contributed by atoms with Gasteiger partial charge in [0.05, 0.1) is 22.5 Å². The molecule has 0 bridgehead atoms. The van der Waals surface area contributed by atoms with Crippen molar-refractivity contribution >= 4 is 52.8 Å². The lowest BCUT2D eigenvalue weighted by molar-refractivity contribution is -0.136. The fraction of sp³-hybridized carbons (Fsp3) is 0.273. The van der Waals surface area contributed by atoms with Gasteiger partial charge < -0.3 is 10.6 Å². The fourth-order valence-electron chi connectivity index (χ4n) is 3.30. The molecule has 3 amide bonds. The molecule has 1 aliphatic rings. The lowest BCUT2D eigenvalue weighted by Crippen LogP contribution is -2.37. The molecule has 2 aromatic rings. The van der Waals surface area contributed by atoms with E-state index < -0.39 is 11.8 Å². The highest BCUT2D eigenvalue weighted by atomic mass is 35.5. The molecule has 3 N–H and O–H groups in total. The number of anilines is 1. The molecular weight excluding hydrogens is 439 g/mol. The van der Waals surface area contributed by atoms with Crippen LogP contribution in [0.15, 0.2) is 47.6 Å². The van der Waals surface area contributed by atoms with Crippen molar-refractivity contribution in [3.8, 4) is 0 Å². The second kappa shape index (κ2) is 10.9. The first kappa shape index (κ1) is 22.8. The van der Waals surface area contributed by atoms with E-state index in [9.17, 15) is 14.4 Å². The lowest BCUT2D eigenvalue weighted by Gasteiger charge is -2.23. The summed E-state index contributed by atoms with van der Waals surface area (Å²) in [6.07, 6.45) is 6.55. The monoisotopic (exact) mass is 460 g/mol. The van der Waals surface area contributed by atoms with Crippen molar-refractivity contribution in [2.75, 3.05) is 5.32 Å². The first-order chi connectivity index (χ1) is 14.9. The van der Waals surface area contributed by atoms with Gasteiger partial charge >= 0.3 is 11.8 Å². The van der Waals surface area contributed by atoms with E-state index in [1.165, 1.54) is 18.7 Å². The van der Waals surface area contributed by atoms with Gasteiger partial charge in [0.25, 0.3) is 5.91 Å². The summed E-state index contributed by atoms with van der Waals surface area (Å²) in [6, 6.07) is 11.5. The van der Waals surface area contributed by atoms with Crippen molar-refractivity contribution in [1.82, 2.24) is 10.7 Å². The zero-order valence-corrected chi connectivity index (χ0v) is 18.2. The molecule has 0 aromatic heterocycles. The Balaban J connectivity index is 1.60. The van der Waals surface area contributed by atoms with E-state index in [1.54, 1.807) is 36.4 Å². The van der Waals surface area contributed by atoms with E-state index in [-0.39, 0.29) is 17.6 Å². The first-order valence-corrected chi connectivity index (χ1v) is 10.7. The summed E-state index contributed by atoms with van der Waals surface area (Å²) in [4.78, 5) is 37.0. The highest BCUT2D eigenvalue weighted by Gasteiger charge is 2.20. The molecule has 0 unspecified atom stereocenters. The van der Waals surface area contributed by atoms with Gasteiger partial charge in [-0.25, -0.2) is 5.43 Å². The number of para-hydroxylation sites is 1. The fourth-order valence-corrected chi connectivity index (χ4v) is 3.75. The number of carbonyl (C=O) groups is 3. The summed E-state index contributed by atoms with van der Waals surface area (Å²) in [7, 11) is 0. The molecule has 0 aliphatic heterocycles. The molecule has 0 heterocycles. The number of hydrazone groups is 1. The summed E-state index contributed by atoms with van der Waals surface area (Å²) in [5.74, 6) is -2.21. The Morgan fingerprint density at radius 1 is 0.968 bits per heavy atom. The number of carbonyl (C=O) groups excluding carboxylic acids is 3. The predicted octanol–water partition coefficient (Wildman–Crippen LogP) is 4.14. The maximum Gasteiger partial charge on any atom is 0.329 e. The topological polar surface area (TPSA) is 99.7 Å². The molecule has 3 rings (SSSR count). The van der Waals surface area contributed by atoms with Gasteiger partial charge in [-0.2, -0.15) is 5.10 Å². The number of rotatable bonds is 5. The van der Waals surface area contributed by atoms with Crippen LogP contribution in [0.4, 0.5) is 5.69 Å². The van der Waals surface area contributed by atoms with Crippen LogP contribution >= 0.6 is 23.2 Å². The zero-order valence-electron chi connectivity index (χ0n) is 16.7. The standard InChI is InChI=1S/C22H22Cl2N4O3/c23-15-11-10-14(18(24)12-15)13-25-28-22(31)21(30)27-19-9-5-4-8-17(19)20(29)26-16-6-2-1-3-7-16/h4-5,8-13,16H,1-3,6-7H2,(H,26,29)(H,27,30)(H,28,31)/b25-13+. The van der Waals surface area contributed by atoms with Gasteiger partial charge in [0.2, 0.25) is 0 Å². The minimum absolute atomic E-state index is 0.127. The number of hydrogen-bond acceptors (Lipinski definition) is 4. The van der Waals surface area contributed by atoms with Crippen molar-refractivity contribution < 1.29 is 14.4 Å². The van der Waals surface area contributed by atoms with E-state index in [4.69, 9.17) is 23.2 Å². The van der Waals surface area contributed by atoms with Crippen molar-refractivity contribution in [3.05, 3.63) is 63.6 Å². The third-order valence-electron chi connectivity index (χ3n) is 4.90. The molecular formula is C22H22Cl2N4O3. The molecule has 162 valence electrons. The lowest BCUT2D eigenvalue weighted by atomic mass is 9.95. The highest BCUT2D eigenvalue weighted by Crippen LogP contribution is 2.21. The Hall–Kier alpha value is -2.90. The van der Waals surface area contributed by atoms with Crippen LogP contribution in [0, 0.1) is 0 Å².